The van der Waals surface area contributed by atoms with Crippen molar-refractivity contribution in [1.82, 2.24) is 25.1 Å². The Morgan fingerprint density at radius 3 is 2.92 bits per heavy atom. The van der Waals surface area contributed by atoms with Crippen LogP contribution in [0.2, 0.25) is 0 Å². The minimum atomic E-state index is -0.607. The second kappa shape index (κ2) is 7.26. The Balaban J connectivity index is 1.62. The number of carbonyl (C=O) groups is 2. The molecule has 3 rings (SSSR count). The normalized spacial score (nSPS) is 17.3. The summed E-state index contributed by atoms with van der Waals surface area (Å²) in [5, 5.41) is 11.3. The van der Waals surface area contributed by atoms with Gasteiger partial charge >= 0.3 is 0 Å². The van der Waals surface area contributed by atoms with Crippen LogP contribution >= 0.6 is 0 Å². The van der Waals surface area contributed by atoms with E-state index in [4.69, 9.17) is 15.2 Å². The standard InChI is InChI=1S/C15H18N6O4/c1-20-15(17-18-19-20)12-8-21(6-7-24-12)13(22)9-25-11-5-3-2-4-10(11)14(16)23/h2-5,12H,6-9H2,1H3,(H2,16,23). The molecule has 0 bridgehead atoms. The van der Waals surface area contributed by atoms with Gasteiger partial charge in [-0.2, -0.15) is 0 Å². The predicted octanol–water partition coefficient (Wildman–Crippen LogP) is -0.712. The minimum absolute atomic E-state index is 0.200. The molecule has 2 N–H and O–H groups in total. The van der Waals surface area contributed by atoms with Gasteiger partial charge in [0.25, 0.3) is 11.8 Å². The number of para-hydroxylation sites is 1. The van der Waals surface area contributed by atoms with Crippen LogP contribution in [-0.2, 0) is 16.6 Å². The van der Waals surface area contributed by atoms with E-state index in [0.717, 1.165) is 0 Å². The third kappa shape index (κ3) is 3.74. The summed E-state index contributed by atoms with van der Waals surface area (Å²) in [4.78, 5) is 25.4. The van der Waals surface area contributed by atoms with Gasteiger partial charge in [-0.15, -0.1) is 5.10 Å². The average Bonchev–Trinajstić information content (AvgIpc) is 3.06. The van der Waals surface area contributed by atoms with Crippen molar-refractivity contribution in [2.75, 3.05) is 26.3 Å². The Kier molecular flexibility index (Phi) is 4.89. The molecule has 2 heterocycles. The molecule has 10 heteroatoms. The van der Waals surface area contributed by atoms with Crippen molar-refractivity contribution in [3.8, 4) is 5.75 Å². The summed E-state index contributed by atoms with van der Waals surface area (Å²) in [6.45, 7) is 0.949. The highest BCUT2D eigenvalue weighted by molar-refractivity contribution is 5.95. The van der Waals surface area contributed by atoms with Crippen molar-refractivity contribution in [3.05, 3.63) is 35.7 Å². The highest BCUT2D eigenvalue weighted by Gasteiger charge is 2.29. The molecule has 1 aromatic carbocycles. The fourth-order valence-corrected chi connectivity index (χ4v) is 2.57. The van der Waals surface area contributed by atoms with Gasteiger partial charge in [0, 0.05) is 13.6 Å². The number of benzene rings is 1. The number of tetrazole rings is 1. The summed E-state index contributed by atoms with van der Waals surface area (Å²) in [7, 11) is 1.71. The lowest BCUT2D eigenvalue weighted by molar-refractivity contribution is -0.141. The van der Waals surface area contributed by atoms with E-state index in [0.29, 0.717) is 25.5 Å². The lowest BCUT2D eigenvalue weighted by Crippen LogP contribution is -2.44. The number of rotatable bonds is 5. The first-order valence-electron chi connectivity index (χ1n) is 7.69. The SMILES string of the molecule is Cn1nnnc1C1CN(C(=O)COc2ccccc2C(N)=O)CCO1. The van der Waals surface area contributed by atoms with Gasteiger partial charge in [-0.05, 0) is 22.6 Å². The Bertz CT molecular complexity index is 777. The molecule has 10 nitrogen and oxygen atoms in total. The molecule has 2 aromatic rings. The van der Waals surface area contributed by atoms with Crippen LogP contribution in [0.3, 0.4) is 0 Å². The molecular weight excluding hydrogens is 328 g/mol. The highest BCUT2D eigenvalue weighted by Crippen LogP contribution is 2.20. The van der Waals surface area contributed by atoms with Crippen LogP contribution in [0.4, 0.5) is 0 Å². The summed E-state index contributed by atoms with van der Waals surface area (Å²) in [6, 6.07) is 6.53. The van der Waals surface area contributed by atoms with E-state index in [9.17, 15) is 9.59 Å². The predicted molar refractivity (Wildman–Crippen MR) is 84.5 cm³/mol. The van der Waals surface area contributed by atoms with Gasteiger partial charge in [0.15, 0.2) is 12.4 Å². The monoisotopic (exact) mass is 346 g/mol. The third-order valence-electron chi connectivity index (χ3n) is 3.86. The van der Waals surface area contributed by atoms with Crippen LogP contribution in [0.1, 0.15) is 22.3 Å². The quantitative estimate of drug-likeness (QED) is 0.758. The molecular formula is C15H18N6O4. The van der Waals surface area contributed by atoms with Crippen LogP contribution in [0, 0.1) is 0 Å². The first-order valence-corrected chi connectivity index (χ1v) is 7.69. The van der Waals surface area contributed by atoms with Gasteiger partial charge in [-0.25, -0.2) is 4.68 Å². The number of hydrogen-bond donors (Lipinski definition) is 1. The molecule has 1 aliphatic heterocycles. The van der Waals surface area contributed by atoms with Gasteiger partial charge in [-0.1, -0.05) is 12.1 Å². The van der Waals surface area contributed by atoms with Gasteiger partial charge in [0.2, 0.25) is 0 Å². The van der Waals surface area contributed by atoms with E-state index in [-0.39, 0.29) is 23.8 Å². The van der Waals surface area contributed by atoms with Gasteiger partial charge in [-0.3, -0.25) is 9.59 Å². The minimum Gasteiger partial charge on any atom is -0.483 e. The molecule has 1 unspecified atom stereocenters. The van der Waals surface area contributed by atoms with E-state index in [1.54, 1.807) is 36.2 Å². The number of amides is 2. The fraction of sp³-hybridized carbons (Fsp3) is 0.400. The number of nitrogens with two attached hydrogens (primary N) is 1. The van der Waals surface area contributed by atoms with E-state index < -0.39 is 12.0 Å². The van der Waals surface area contributed by atoms with E-state index in [1.165, 1.54) is 4.68 Å². The van der Waals surface area contributed by atoms with Crippen LogP contribution < -0.4 is 10.5 Å². The molecule has 2 amide bonds. The number of primary amides is 1. The van der Waals surface area contributed by atoms with Crippen LogP contribution in [0.15, 0.2) is 24.3 Å². The molecule has 1 atom stereocenters. The lowest BCUT2D eigenvalue weighted by atomic mass is 10.2. The number of morpholine rings is 1. The van der Waals surface area contributed by atoms with Crippen LogP contribution in [0.5, 0.6) is 5.75 Å². The van der Waals surface area contributed by atoms with Crippen molar-refractivity contribution in [3.63, 3.8) is 0 Å². The number of hydrogen-bond acceptors (Lipinski definition) is 7. The van der Waals surface area contributed by atoms with Crippen molar-refractivity contribution in [2.24, 2.45) is 12.8 Å². The molecule has 0 radical (unpaired) electrons. The van der Waals surface area contributed by atoms with Crippen LogP contribution in [0.25, 0.3) is 0 Å². The molecule has 1 aliphatic rings. The summed E-state index contributed by atoms with van der Waals surface area (Å²) >= 11 is 0. The topological polar surface area (TPSA) is 125 Å². The summed E-state index contributed by atoms with van der Waals surface area (Å²) < 4.78 is 12.6. The third-order valence-corrected chi connectivity index (χ3v) is 3.86. The van der Waals surface area contributed by atoms with Crippen molar-refractivity contribution >= 4 is 11.8 Å². The Labute approximate surface area is 143 Å². The Morgan fingerprint density at radius 1 is 1.40 bits per heavy atom. The number of nitrogens with zero attached hydrogens (tertiary/aromatic N) is 5. The van der Waals surface area contributed by atoms with Gasteiger partial charge in [0.05, 0.1) is 18.7 Å². The Hall–Kier alpha value is -3.01. The van der Waals surface area contributed by atoms with E-state index in [1.807, 2.05) is 0 Å². The number of ether oxygens (including phenoxy) is 2. The maximum Gasteiger partial charge on any atom is 0.260 e. The molecule has 132 valence electrons. The summed E-state index contributed by atoms with van der Waals surface area (Å²) in [6.07, 6.45) is -0.393. The largest absolute Gasteiger partial charge is 0.483 e. The van der Waals surface area contributed by atoms with Crippen molar-refractivity contribution in [1.29, 1.82) is 0 Å². The second-order valence-electron chi connectivity index (χ2n) is 5.51. The average molecular weight is 346 g/mol. The number of aromatic nitrogens is 4. The molecule has 1 saturated heterocycles. The van der Waals surface area contributed by atoms with Crippen LogP contribution in [-0.4, -0.2) is 63.2 Å². The first kappa shape index (κ1) is 16.8. The molecule has 25 heavy (non-hydrogen) atoms. The fourth-order valence-electron chi connectivity index (χ4n) is 2.57. The summed E-state index contributed by atoms with van der Waals surface area (Å²) in [5.74, 6) is 0.00937. The molecule has 1 aromatic heterocycles. The smallest absolute Gasteiger partial charge is 0.260 e. The molecule has 1 fully saturated rings. The highest BCUT2D eigenvalue weighted by atomic mass is 16.5. The second-order valence-corrected chi connectivity index (χ2v) is 5.51. The maximum atomic E-state index is 12.4. The van der Waals surface area contributed by atoms with Gasteiger partial charge < -0.3 is 20.1 Å². The summed E-state index contributed by atoms with van der Waals surface area (Å²) in [5.41, 5.74) is 5.53. The zero-order valence-corrected chi connectivity index (χ0v) is 13.7. The molecule has 0 saturated carbocycles. The number of aryl methyl sites for hydroxylation is 1. The van der Waals surface area contributed by atoms with E-state index >= 15 is 0 Å². The Morgan fingerprint density at radius 2 is 2.20 bits per heavy atom. The van der Waals surface area contributed by atoms with Gasteiger partial charge in [0.1, 0.15) is 11.9 Å². The molecule has 0 aliphatic carbocycles. The first-order chi connectivity index (χ1) is 12.1. The zero-order chi connectivity index (χ0) is 17.8. The number of carbonyl (C=O) groups excluding carboxylic acids is 2. The maximum absolute atomic E-state index is 12.4. The van der Waals surface area contributed by atoms with E-state index in [2.05, 4.69) is 15.5 Å². The van der Waals surface area contributed by atoms with Crippen molar-refractivity contribution < 1.29 is 19.1 Å². The molecule has 0 spiro atoms. The van der Waals surface area contributed by atoms with Crippen molar-refractivity contribution in [2.45, 2.75) is 6.10 Å². The zero-order valence-electron chi connectivity index (χ0n) is 13.7. The lowest BCUT2D eigenvalue weighted by Gasteiger charge is -2.32.